The number of Topliss-reactive ketones (excluding diaryl/α,β-unsaturated/α-hetero) is 1. The molecule has 86 valence electrons. The van der Waals surface area contributed by atoms with Crippen molar-refractivity contribution >= 4 is 17.5 Å². The highest BCUT2D eigenvalue weighted by molar-refractivity contribution is 7.99. The second-order valence-corrected chi connectivity index (χ2v) is 5.25. The Morgan fingerprint density at radius 1 is 1.31 bits per heavy atom. The molecule has 0 aliphatic heterocycles. The number of pyridine rings is 1. The third-order valence-electron chi connectivity index (χ3n) is 3.06. The number of rotatable bonds is 4. The van der Waals surface area contributed by atoms with Gasteiger partial charge in [-0.05, 0) is 25.0 Å². The topological polar surface area (TPSA) is 30.0 Å². The standard InChI is InChI=1S/C13H17NOS/c15-12(11-6-2-1-3-7-11)10-16-13-8-4-5-9-14-13/h4-5,8-9,11H,1-3,6-7,10H2. The highest BCUT2D eigenvalue weighted by Crippen LogP contribution is 2.26. The molecule has 0 unspecified atom stereocenters. The fourth-order valence-corrected chi connectivity index (χ4v) is 2.96. The van der Waals surface area contributed by atoms with Crippen LogP contribution in [0.15, 0.2) is 29.4 Å². The normalized spacial score (nSPS) is 17.2. The van der Waals surface area contributed by atoms with Gasteiger partial charge in [-0.1, -0.05) is 37.1 Å². The number of ketones is 1. The lowest BCUT2D eigenvalue weighted by Crippen LogP contribution is -2.19. The van der Waals surface area contributed by atoms with Crippen LogP contribution in [-0.4, -0.2) is 16.5 Å². The fraction of sp³-hybridized carbons (Fsp3) is 0.538. The zero-order valence-corrected chi connectivity index (χ0v) is 10.2. The molecule has 2 nitrogen and oxygen atoms in total. The van der Waals surface area contributed by atoms with Gasteiger partial charge in [-0.2, -0.15) is 0 Å². The van der Waals surface area contributed by atoms with Gasteiger partial charge >= 0.3 is 0 Å². The molecule has 1 saturated carbocycles. The number of carbonyl (C=O) groups is 1. The minimum absolute atomic E-state index is 0.324. The van der Waals surface area contributed by atoms with Crippen molar-refractivity contribution in [3.05, 3.63) is 24.4 Å². The van der Waals surface area contributed by atoms with Gasteiger partial charge < -0.3 is 0 Å². The van der Waals surface area contributed by atoms with Crippen LogP contribution in [0, 0.1) is 5.92 Å². The predicted octanol–water partition coefficient (Wildman–Crippen LogP) is 3.32. The molecule has 1 aliphatic carbocycles. The first kappa shape index (κ1) is 11.6. The zero-order valence-electron chi connectivity index (χ0n) is 9.39. The molecular formula is C13H17NOS. The third-order valence-corrected chi connectivity index (χ3v) is 4.03. The summed E-state index contributed by atoms with van der Waals surface area (Å²) in [4.78, 5) is 16.1. The summed E-state index contributed by atoms with van der Waals surface area (Å²) in [5.74, 6) is 1.32. The average Bonchev–Trinajstić information content (AvgIpc) is 2.38. The summed E-state index contributed by atoms with van der Waals surface area (Å²) in [5, 5.41) is 0.951. The Kier molecular flexibility index (Phi) is 4.40. The van der Waals surface area contributed by atoms with Gasteiger partial charge in [0.05, 0.1) is 10.8 Å². The van der Waals surface area contributed by atoms with E-state index in [9.17, 15) is 4.79 Å². The SMILES string of the molecule is O=C(CSc1ccccn1)C1CCCCC1. The molecule has 0 N–H and O–H groups in total. The Labute approximate surface area is 101 Å². The first-order valence-corrected chi connectivity index (χ1v) is 6.91. The highest BCUT2D eigenvalue weighted by atomic mass is 32.2. The predicted molar refractivity (Wildman–Crippen MR) is 66.5 cm³/mol. The van der Waals surface area contributed by atoms with Gasteiger partial charge in [0.25, 0.3) is 0 Å². The molecule has 1 heterocycles. The summed E-state index contributed by atoms with van der Waals surface area (Å²) in [6.45, 7) is 0. The zero-order chi connectivity index (χ0) is 11.2. The number of hydrogen-bond donors (Lipinski definition) is 0. The molecule has 3 heteroatoms. The molecule has 16 heavy (non-hydrogen) atoms. The highest BCUT2D eigenvalue weighted by Gasteiger charge is 2.20. The second kappa shape index (κ2) is 6.04. The van der Waals surface area contributed by atoms with Crippen LogP contribution >= 0.6 is 11.8 Å². The van der Waals surface area contributed by atoms with Crippen LogP contribution in [0.1, 0.15) is 32.1 Å². The van der Waals surface area contributed by atoms with E-state index in [-0.39, 0.29) is 0 Å². The van der Waals surface area contributed by atoms with E-state index in [0.717, 1.165) is 17.9 Å². The van der Waals surface area contributed by atoms with Gasteiger partial charge in [-0.3, -0.25) is 4.79 Å². The van der Waals surface area contributed by atoms with Crippen LogP contribution < -0.4 is 0 Å². The van der Waals surface area contributed by atoms with Gasteiger partial charge in [-0.25, -0.2) is 4.98 Å². The van der Waals surface area contributed by atoms with Gasteiger partial charge in [-0.15, -0.1) is 0 Å². The molecule has 1 aliphatic rings. The molecule has 0 atom stereocenters. The number of nitrogens with zero attached hydrogens (tertiary/aromatic N) is 1. The van der Waals surface area contributed by atoms with E-state index in [1.807, 2.05) is 18.2 Å². The molecule has 1 aromatic rings. The second-order valence-electron chi connectivity index (χ2n) is 4.26. The molecule has 0 saturated heterocycles. The summed E-state index contributed by atoms with van der Waals surface area (Å²) in [5.41, 5.74) is 0. The molecular weight excluding hydrogens is 218 g/mol. The van der Waals surface area contributed by atoms with Crippen LogP contribution in [0.5, 0.6) is 0 Å². The molecule has 0 bridgehead atoms. The van der Waals surface area contributed by atoms with E-state index in [1.54, 1.807) is 18.0 Å². The number of carbonyl (C=O) groups excluding carboxylic acids is 1. The molecule has 2 rings (SSSR count). The summed E-state index contributed by atoms with van der Waals surface area (Å²) in [6, 6.07) is 5.81. The van der Waals surface area contributed by atoms with Crippen LogP contribution in [0.4, 0.5) is 0 Å². The van der Waals surface area contributed by atoms with Crippen LogP contribution in [0.2, 0.25) is 0 Å². The van der Waals surface area contributed by atoms with Crippen LogP contribution in [0.25, 0.3) is 0 Å². The summed E-state index contributed by atoms with van der Waals surface area (Å²) in [7, 11) is 0. The summed E-state index contributed by atoms with van der Waals surface area (Å²) in [6.07, 6.45) is 7.73. The fourth-order valence-electron chi connectivity index (χ4n) is 2.12. The maximum absolute atomic E-state index is 11.9. The van der Waals surface area contributed by atoms with E-state index < -0.39 is 0 Å². The van der Waals surface area contributed by atoms with Crippen molar-refractivity contribution in [3.8, 4) is 0 Å². The molecule has 0 amide bonds. The van der Waals surface area contributed by atoms with E-state index in [4.69, 9.17) is 0 Å². The minimum Gasteiger partial charge on any atom is -0.298 e. The lowest BCUT2D eigenvalue weighted by atomic mass is 9.87. The van der Waals surface area contributed by atoms with E-state index in [2.05, 4.69) is 4.98 Å². The van der Waals surface area contributed by atoms with Crippen molar-refractivity contribution in [2.75, 3.05) is 5.75 Å². The van der Waals surface area contributed by atoms with Gasteiger partial charge in [0.15, 0.2) is 0 Å². The monoisotopic (exact) mass is 235 g/mol. The van der Waals surface area contributed by atoms with Crippen LogP contribution in [-0.2, 0) is 4.79 Å². The molecule has 0 radical (unpaired) electrons. The van der Waals surface area contributed by atoms with E-state index >= 15 is 0 Å². The number of hydrogen-bond acceptors (Lipinski definition) is 3. The molecule has 0 aromatic carbocycles. The first-order valence-electron chi connectivity index (χ1n) is 5.93. The quantitative estimate of drug-likeness (QED) is 0.750. The number of thioether (sulfide) groups is 1. The summed E-state index contributed by atoms with van der Waals surface area (Å²) >= 11 is 1.56. The van der Waals surface area contributed by atoms with Crippen molar-refractivity contribution in [2.45, 2.75) is 37.1 Å². The lowest BCUT2D eigenvalue weighted by molar-refractivity contribution is -0.121. The van der Waals surface area contributed by atoms with Crippen LogP contribution in [0.3, 0.4) is 0 Å². The van der Waals surface area contributed by atoms with Crippen molar-refractivity contribution in [3.63, 3.8) is 0 Å². The van der Waals surface area contributed by atoms with E-state index in [0.29, 0.717) is 17.5 Å². The average molecular weight is 235 g/mol. The Morgan fingerprint density at radius 3 is 2.81 bits per heavy atom. The molecule has 0 spiro atoms. The van der Waals surface area contributed by atoms with Crippen molar-refractivity contribution < 1.29 is 4.79 Å². The van der Waals surface area contributed by atoms with Gasteiger partial charge in [0.1, 0.15) is 5.78 Å². The van der Waals surface area contributed by atoms with Crippen molar-refractivity contribution in [2.24, 2.45) is 5.92 Å². The van der Waals surface area contributed by atoms with E-state index in [1.165, 1.54) is 19.3 Å². The largest absolute Gasteiger partial charge is 0.298 e. The Morgan fingerprint density at radius 2 is 2.12 bits per heavy atom. The Balaban J connectivity index is 1.79. The third kappa shape index (κ3) is 3.34. The molecule has 1 aromatic heterocycles. The first-order chi connectivity index (χ1) is 7.86. The number of aromatic nitrogens is 1. The summed E-state index contributed by atoms with van der Waals surface area (Å²) < 4.78 is 0. The Bertz CT molecular complexity index is 333. The van der Waals surface area contributed by atoms with Crippen molar-refractivity contribution in [1.29, 1.82) is 0 Å². The Hall–Kier alpha value is -0.830. The lowest BCUT2D eigenvalue weighted by Gasteiger charge is -2.19. The minimum atomic E-state index is 0.324. The smallest absolute Gasteiger partial charge is 0.146 e. The van der Waals surface area contributed by atoms with Gasteiger partial charge in [0.2, 0.25) is 0 Å². The molecule has 1 fully saturated rings. The maximum Gasteiger partial charge on any atom is 0.146 e. The van der Waals surface area contributed by atoms with Gasteiger partial charge in [0, 0.05) is 12.1 Å². The van der Waals surface area contributed by atoms with Crippen molar-refractivity contribution in [1.82, 2.24) is 4.98 Å². The maximum atomic E-state index is 11.9.